The molecule has 2 heteroatoms. The Morgan fingerprint density at radius 1 is 1.00 bits per heavy atom. The molecule has 0 heterocycles. The summed E-state index contributed by atoms with van der Waals surface area (Å²) in [4.78, 5) is 12.4. The minimum absolute atomic E-state index is 0. The van der Waals surface area contributed by atoms with Crippen molar-refractivity contribution in [1.82, 2.24) is 5.32 Å². The van der Waals surface area contributed by atoms with E-state index in [4.69, 9.17) is 0 Å². The van der Waals surface area contributed by atoms with Gasteiger partial charge in [0.25, 0.3) is 0 Å². The van der Waals surface area contributed by atoms with Gasteiger partial charge < -0.3 is 5.32 Å². The van der Waals surface area contributed by atoms with Crippen molar-refractivity contribution < 1.29 is 4.79 Å². The van der Waals surface area contributed by atoms with Crippen LogP contribution in [0.5, 0.6) is 0 Å². The molecule has 0 aromatic heterocycles. The van der Waals surface area contributed by atoms with Crippen LogP contribution in [0.2, 0.25) is 0 Å². The minimum atomic E-state index is -0.264. The van der Waals surface area contributed by atoms with Gasteiger partial charge in [-0.3, -0.25) is 4.79 Å². The van der Waals surface area contributed by atoms with E-state index < -0.39 is 0 Å². The number of carbonyl (C=O) groups is 1. The fourth-order valence-electron chi connectivity index (χ4n) is 1.81. The summed E-state index contributed by atoms with van der Waals surface area (Å²) < 4.78 is 0. The highest BCUT2D eigenvalue weighted by molar-refractivity contribution is 5.88. The standard InChI is InChI=1S/C15H31NO.CH4/c1-11(2)9-10-12(16-15(6,7)8)13(17)14(3,4)5;/h11-12,16H,9-10H2,1-8H3;1H4. The van der Waals surface area contributed by atoms with Crippen molar-refractivity contribution in [3.63, 3.8) is 0 Å². The van der Waals surface area contributed by atoms with Crippen molar-refractivity contribution in [2.75, 3.05) is 0 Å². The fourth-order valence-corrected chi connectivity index (χ4v) is 1.81. The van der Waals surface area contributed by atoms with Crippen molar-refractivity contribution in [3.05, 3.63) is 0 Å². The number of rotatable bonds is 5. The van der Waals surface area contributed by atoms with Crippen LogP contribution in [0.3, 0.4) is 0 Å². The topological polar surface area (TPSA) is 29.1 Å². The zero-order valence-corrected chi connectivity index (χ0v) is 13.0. The van der Waals surface area contributed by atoms with Gasteiger partial charge in [0.05, 0.1) is 6.04 Å². The third-order valence-electron chi connectivity index (χ3n) is 2.70. The second kappa shape index (κ2) is 7.28. The molecular weight excluding hydrogens is 222 g/mol. The molecule has 0 saturated carbocycles. The predicted molar refractivity (Wildman–Crippen MR) is 81.9 cm³/mol. The van der Waals surface area contributed by atoms with Crippen LogP contribution in [0.25, 0.3) is 0 Å². The van der Waals surface area contributed by atoms with E-state index in [1.165, 1.54) is 0 Å². The molecule has 1 N–H and O–H groups in total. The number of carbonyl (C=O) groups excluding carboxylic acids is 1. The SMILES string of the molecule is C.CC(C)CCC(NC(C)(C)C)C(=O)C(C)(C)C. The van der Waals surface area contributed by atoms with Crippen LogP contribution in [0.15, 0.2) is 0 Å². The molecule has 0 aromatic rings. The number of ketones is 1. The van der Waals surface area contributed by atoms with E-state index in [1.54, 1.807) is 0 Å². The largest absolute Gasteiger partial charge is 0.303 e. The molecule has 0 saturated heterocycles. The second-order valence-electron chi connectivity index (χ2n) is 7.53. The number of nitrogens with one attached hydrogen (secondary N) is 1. The highest BCUT2D eigenvalue weighted by Crippen LogP contribution is 2.21. The van der Waals surface area contributed by atoms with E-state index in [0.717, 1.165) is 12.8 Å². The average Bonchev–Trinajstić information content (AvgIpc) is 2.07. The molecule has 0 bridgehead atoms. The normalized spacial score (nSPS) is 14.3. The molecule has 0 aliphatic heterocycles. The molecular formula is C16H35NO. The van der Waals surface area contributed by atoms with Crippen LogP contribution in [-0.4, -0.2) is 17.4 Å². The highest BCUT2D eigenvalue weighted by atomic mass is 16.1. The van der Waals surface area contributed by atoms with Crippen LogP contribution in [0, 0.1) is 11.3 Å². The van der Waals surface area contributed by atoms with E-state index in [2.05, 4.69) is 39.9 Å². The highest BCUT2D eigenvalue weighted by Gasteiger charge is 2.31. The Morgan fingerprint density at radius 3 is 1.72 bits per heavy atom. The molecule has 0 aliphatic rings. The van der Waals surface area contributed by atoms with Crippen molar-refractivity contribution in [1.29, 1.82) is 0 Å². The van der Waals surface area contributed by atoms with Gasteiger partial charge in [-0.1, -0.05) is 42.0 Å². The molecule has 0 radical (unpaired) electrons. The summed E-state index contributed by atoms with van der Waals surface area (Å²) in [5, 5.41) is 3.47. The lowest BCUT2D eigenvalue weighted by atomic mass is 9.83. The van der Waals surface area contributed by atoms with Gasteiger partial charge in [0.15, 0.2) is 5.78 Å². The Balaban J connectivity index is 0. The van der Waals surface area contributed by atoms with Crippen LogP contribution >= 0.6 is 0 Å². The second-order valence-corrected chi connectivity index (χ2v) is 7.53. The summed E-state index contributed by atoms with van der Waals surface area (Å²) in [6.07, 6.45) is 2.03. The van der Waals surface area contributed by atoms with Crippen molar-refractivity contribution >= 4 is 5.78 Å². The van der Waals surface area contributed by atoms with Crippen LogP contribution in [-0.2, 0) is 4.79 Å². The summed E-state index contributed by atoms with van der Waals surface area (Å²) in [5.41, 5.74) is -0.275. The molecule has 1 unspecified atom stereocenters. The summed E-state index contributed by atoms with van der Waals surface area (Å²) in [6.45, 7) is 16.8. The van der Waals surface area contributed by atoms with Gasteiger partial charge >= 0.3 is 0 Å². The molecule has 0 spiro atoms. The number of hydrogen-bond acceptors (Lipinski definition) is 2. The van der Waals surface area contributed by atoms with Crippen molar-refractivity contribution in [3.8, 4) is 0 Å². The molecule has 0 amide bonds. The first-order chi connectivity index (χ1) is 7.43. The van der Waals surface area contributed by atoms with E-state index in [1.807, 2.05) is 20.8 Å². The van der Waals surface area contributed by atoms with Crippen molar-refractivity contribution in [2.45, 2.75) is 87.2 Å². The average molecular weight is 257 g/mol. The molecule has 0 aliphatic carbocycles. The monoisotopic (exact) mass is 257 g/mol. The lowest BCUT2D eigenvalue weighted by Crippen LogP contribution is -2.50. The van der Waals surface area contributed by atoms with Crippen molar-refractivity contribution in [2.24, 2.45) is 11.3 Å². The first kappa shape index (κ1) is 20.0. The lowest BCUT2D eigenvalue weighted by Gasteiger charge is -2.32. The van der Waals surface area contributed by atoms with E-state index in [0.29, 0.717) is 11.7 Å². The third-order valence-corrected chi connectivity index (χ3v) is 2.70. The number of Topliss-reactive ketones (excluding diaryl/α,β-unsaturated/α-hetero) is 1. The maximum Gasteiger partial charge on any atom is 0.155 e. The van der Waals surface area contributed by atoms with Gasteiger partial charge in [0.2, 0.25) is 0 Å². The fraction of sp³-hybridized carbons (Fsp3) is 0.938. The Labute approximate surface area is 115 Å². The molecule has 18 heavy (non-hydrogen) atoms. The quantitative estimate of drug-likeness (QED) is 0.789. The van der Waals surface area contributed by atoms with Gasteiger partial charge in [-0.15, -0.1) is 0 Å². The third kappa shape index (κ3) is 8.68. The summed E-state index contributed by atoms with van der Waals surface area (Å²) >= 11 is 0. The summed E-state index contributed by atoms with van der Waals surface area (Å²) in [7, 11) is 0. The smallest absolute Gasteiger partial charge is 0.155 e. The Kier molecular flexibility index (Phi) is 8.07. The van der Waals surface area contributed by atoms with Gasteiger partial charge in [-0.05, 0) is 39.5 Å². The van der Waals surface area contributed by atoms with Gasteiger partial charge in [-0.25, -0.2) is 0 Å². The molecule has 110 valence electrons. The zero-order chi connectivity index (χ0) is 13.9. The van der Waals surface area contributed by atoms with Crippen LogP contribution < -0.4 is 5.32 Å². The predicted octanol–water partition coefficient (Wildman–Crippen LogP) is 4.43. The first-order valence-electron chi connectivity index (χ1n) is 6.75. The van der Waals surface area contributed by atoms with E-state index in [9.17, 15) is 4.79 Å². The Bertz CT molecular complexity index is 243. The summed E-state index contributed by atoms with van der Waals surface area (Å²) in [6, 6.07) is -0.0163. The molecule has 2 nitrogen and oxygen atoms in total. The molecule has 0 aromatic carbocycles. The Hall–Kier alpha value is -0.370. The van der Waals surface area contributed by atoms with E-state index >= 15 is 0 Å². The maximum atomic E-state index is 12.4. The first-order valence-corrected chi connectivity index (χ1v) is 6.75. The number of hydrogen-bond donors (Lipinski definition) is 1. The zero-order valence-electron chi connectivity index (χ0n) is 13.0. The van der Waals surface area contributed by atoms with E-state index in [-0.39, 0.29) is 24.4 Å². The molecule has 0 rings (SSSR count). The molecule has 0 fully saturated rings. The van der Waals surface area contributed by atoms with Gasteiger partial charge in [-0.2, -0.15) is 0 Å². The molecule has 1 atom stereocenters. The van der Waals surface area contributed by atoms with Crippen LogP contribution in [0.4, 0.5) is 0 Å². The lowest BCUT2D eigenvalue weighted by molar-refractivity contribution is -0.129. The van der Waals surface area contributed by atoms with Gasteiger partial charge in [0.1, 0.15) is 0 Å². The maximum absolute atomic E-state index is 12.4. The van der Waals surface area contributed by atoms with Gasteiger partial charge in [0, 0.05) is 11.0 Å². The minimum Gasteiger partial charge on any atom is -0.303 e. The summed E-state index contributed by atoms with van der Waals surface area (Å²) in [5.74, 6) is 0.972. The van der Waals surface area contributed by atoms with Crippen LogP contribution in [0.1, 0.15) is 75.7 Å². The Morgan fingerprint density at radius 2 is 1.44 bits per heavy atom.